The molecule has 0 radical (unpaired) electrons. The largest absolute Gasteiger partial charge is 0.387 e. The quantitative estimate of drug-likeness (QED) is 0.410. The minimum Gasteiger partial charge on any atom is -0.387 e. The zero-order valence-corrected chi connectivity index (χ0v) is 7.49. The van der Waals surface area contributed by atoms with Gasteiger partial charge in [-0.15, -0.1) is 0 Å². The fraction of sp³-hybridized carbons (Fsp3) is 1.00. The van der Waals surface area contributed by atoms with Crippen LogP contribution in [-0.4, -0.2) is 23.9 Å². The van der Waals surface area contributed by atoms with Crippen LogP contribution in [0.25, 0.3) is 10.4 Å². The predicted molar refractivity (Wildman–Crippen MR) is 46.9 cm³/mol. The Balaban J connectivity index is 2.34. The van der Waals surface area contributed by atoms with Gasteiger partial charge in [0.25, 0.3) is 0 Å². The van der Waals surface area contributed by atoms with Gasteiger partial charge in [-0.25, -0.2) is 4.39 Å². The molecule has 1 fully saturated rings. The van der Waals surface area contributed by atoms with Crippen LogP contribution in [0.4, 0.5) is 4.39 Å². The molecule has 5 heteroatoms. The summed E-state index contributed by atoms with van der Waals surface area (Å²) < 4.78 is 12.3. The maximum absolute atomic E-state index is 12.3. The number of hydrogen-bond donors (Lipinski definition) is 1. The Kier molecular flexibility index (Phi) is 3.51. The summed E-state index contributed by atoms with van der Waals surface area (Å²) in [6.45, 7) is -0.194. The second-order valence-corrected chi connectivity index (χ2v) is 3.71. The van der Waals surface area contributed by atoms with Crippen molar-refractivity contribution in [2.75, 3.05) is 13.2 Å². The van der Waals surface area contributed by atoms with Crippen LogP contribution in [0.1, 0.15) is 25.7 Å². The first-order valence-electron chi connectivity index (χ1n) is 4.49. The minimum absolute atomic E-state index is 0.322. The maximum atomic E-state index is 12.3. The van der Waals surface area contributed by atoms with E-state index in [1.165, 1.54) is 0 Å². The van der Waals surface area contributed by atoms with Crippen LogP contribution < -0.4 is 0 Å². The fourth-order valence-corrected chi connectivity index (χ4v) is 1.68. The van der Waals surface area contributed by atoms with E-state index in [-0.39, 0.29) is 0 Å². The van der Waals surface area contributed by atoms with Crippen molar-refractivity contribution < 1.29 is 9.50 Å². The molecule has 74 valence electrons. The van der Waals surface area contributed by atoms with Gasteiger partial charge in [-0.1, -0.05) is 5.11 Å². The second kappa shape index (κ2) is 4.44. The Hall–Kier alpha value is -0.800. The first kappa shape index (κ1) is 10.3. The topological polar surface area (TPSA) is 69.0 Å². The van der Waals surface area contributed by atoms with Crippen molar-refractivity contribution in [1.29, 1.82) is 0 Å². The monoisotopic (exact) mass is 187 g/mol. The molecule has 0 amide bonds. The molecule has 1 aliphatic carbocycles. The molecular formula is C8H14FN3O. The van der Waals surface area contributed by atoms with Gasteiger partial charge in [0.1, 0.15) is 6.67 Å². The summed E-state index contributed by atoms with van der Waals surface area (Å²) in [6.07, 6.45) is 2.46. The predicted octanol–water partition coefficient (Wildman–Crippen LogP) is 2.19. The van der Waals surface area contributed by atoms with Crippen molar-refractivity contribution in [3.63, 3.8) is 0 Å². The molecule has 0 unspecified atom stereocenters. The van der Waals surface area contributed by atoms with Gasteiger partial charge >= 0.3 is 0 Å². The molecule has 1 aliphatic rings. The van der Waals surface area contributed by atoms with Crippen molar-refractivity contribution in [2.45, 2.75) is 31.3 Å². The third-order valence-corrected chi connectivity index (χ3v) is 2.69. The van der Waals surface area contributed by atoms with E-state index < -0.39 is 12.3 Å². The standard InChI is InChI=1S/C8H14FN3O/c9-6-8(13)3-1-7(2-4-8)5-11-12-10/h7,13H,1-6H2. The summed E-state index contributed by atoms with van der Waals surface area (Å²) in [5.41, 5.74) is 6.99. The van der Waals surface area contributed by atoms with Crippen LogP contribution in [0.5, 0.6) is 0 Å². The van der Waals surface area contributed by atoms with Gasteiger partial charge in [0.15, 0.2) is 0 Å². The number of alkyl halides is 1. The van der Waals surface area contributed by atoms with Crippen LogP contribution in [0.3, 0.4) is 0 Å². The zero-order valence-electron chi connectivity index (χ0n) is 7.49. The molecule has 0 aliphatic heterocycles. The van der Waals surface area contributed by atoms with Crippen LogP contribution >= 0.6 is 0 Å². The third-order valence-electron chi connectivity index (χ3n) is 2.69. The summed E-state index contributed by atoms with van der Waals surface area (Å²) in [4.78, 5) is 2.67. The fourth-order valence-electron chi connectivity index (χ4n) is 1.68. The number of aliphatic hydroxyl groups is 1. The molecule has 0 spiro atoms. The van der Waals surface area contributed by atoms with E-state index in [9.17, 15) is 9.50 Å². The molecular weight excluding hydrogens is 173 g/mol. The average molecular weight is 187 g/mol. The molecule has 0 atom stereocenters. The van der Waals surface area contributed by atoms with Crippen molar-refractivity contribution in [1.82, 2.24) is 0 Å². The Morgan fingerprint density at radius 3 is 2.62 bits per heavy atom. The van der Waals surface area contributed by atoms with Crippen LogP contribution in [0.2, 0.25) is 0 Å². The van der Waals surface area contributed by atoms with Crippen molar-refractivity contribution in [3.8, 4) is 0 Å². The van der Waals surface area contributed by atoms with E-state index in [1.807, 2.05) is 0 Å². The lowest BCUT2D eigenvalue weighted by atomic mass is 9.79. The van der Waals surface area contributed by atoms with Gasteiger partial charge in [-0.05, 0) is 37.1 Å². The molecule has 13 heavy (non-hydrogen) atoms. The lowest BCUT2D eigenvalue weighted by molar-refractivity contribution is -0.0274. The van der Waals surface area contributed by atoms with E-state index >= 15 is 0 Å². The highest BCUT2D eigenvalue weighted by atomic mass is 19.1. The van der Waals surface area contributed by atoms with Crippen molar-refractivity contribution >= 4 is 0 Å². The number of azide groups is 1. The molecule has 1 rings (SSSR count). The summed E-state index contributed by atoms with van der Waals surface area (Å²) in [5.74, 6) is 0.322. The molecule has 1 saturated carbocycles. The highest BCUT2D eigenvalue weighted by Crippen LogP contribution is 2.32. The summed E-state index contributed by atoms with van der Waals surface area (Å²) in [5, 5.41) is 13.0. The van der Waals surface area contributed by atoms with Crippen LogP contribution in [-0.2, 0) is 0 Å². The molecule has 0 heterocycles. The number of rotatable bonds is 3. The Morgan fingerprint density at radius 2 is 2.15 bits per heavy atom. The summed E-state index contributed by atoms with van der Waals surface area (Å²) in [6, 6.07) is 0. The Bertz CT molecular complexity index is 207. The molecule has 0 aromatic carbocycles. The molecule has 4 nitrogen and oxygen atoms in total. The number of hydrogen-bond acceptors (Lipinski definition) is 2. The van der Waals surface area contributed by atoms with E-state index in [1.54, 1.807) is 0 Å². The molecule has 0 bridgehead atoms. The van der Waals surface area contributed by atoms with E-state index in [4.69, 9.17) is 5.53 Å². The van der Waals surface area contributed by atoms with Crippen LogP contribution in [0.15, 0.2) is 5.11 Å². The smallest absolute Gasteiger partial charge is 0.118 e. The van der Waals surface area contributed by atoms with Crippen molar-refractivity contribution in [2.24, 2.45) is 11.0 Å². The van der Waals surface area contributed by atoms with E-state index in [2.05, 4.69) is 10.0 Å². The van der Waals surface area contributed by atoms with Crippen LogP contribution in [0, 0.1) is 5.92 Å². The normalized spacial score (nSPS) is 33.8. The van der Waals surface area contributed by atoms with Crippen molar-refractivity contribution in [3.05, 3.63) is 10.4 Å². The van der Waals surface area contributed by atoms with E-state index in [0.717, 1.165) is 12.8 Å². The third kappa shape index (κ3) is 2.86. The Labute approximate surface area is 76.4 Å². The van der Waals surface area contributed by atoms with Gasteiger partial charge in [0.2, 0.25) is 0 Å². The Morgan fingerprint density at radius 1 is 1.54 bits per heavy atom. The highest BCUT2D eigenvalue weighted by molar-refractivity contribution is 4.85. The number of halogens is 1. The molecule has 0 saturated heterocycles. The van der Waals surface area contributed by atoms with E-state index in [0.29, 0.717) is 25.3 Å². The van der Waals surface area contributed by atoms with Gasteiger partial charge in [-0.3, -0.25) is 0 Å². The van der Waals surface area contributed by atoms with Gasteiger partial charge in [0.05, 0.1) is 5.60 Å². The molecule has 1 N–H and O–H groups in total. The van der Waals surface area contributed by atoms with Gasteiger partial charge in [0, 0.05) is 11.5 Å². The SMILES string of the molecule is [N-]=[N+]=NCC1CCC(O)(CF)CC1. The van der Waals surface area contributed by atoms with Gasteiger partial charge in [-0.2, -0.15) is 0 Å². The second-order valence-electron chi connectivity index (χ2n) is 3.71. The maximum Gasteiger partial charge on any atom is 0.118 e. The number of nitrogens with zero attached hydrogens (tertiary/aromatic N) is 3. The molecule has 0 aromatic heterocycles. The first-order valence-corrected chi connectivity index (χ1v) is 4.49. The minimum atomic E-state index is -1.10. The first-order chi connectivity index (χ1) is 6.20. The lowest BCUT2D eigenvalue weighted by Gasteiger charge is -2.33. The summed E-state index contributed by atoms with van der Waals surface area (Å²) in [7, 11) is 0. The lowest BCUT2D eigenvalue weighted by Crippen LogP contribution is -2.36. The van der Waals surface area contributed by atoms with Gasteiger partial charge < -0.3 is 5.11 Å². The molecule has 0 aromatic rings. The average Bonchev–Trinajstić information content (AvgIpc) is 2.17. The zero-order chi connectivity index (χ0) is 9.73. The summed E-state index contributed by atoms with van der Waals surface area (Å²) >= 11 is 0. The highest BCUT2D eigenvalue weighted by Gasteiger charge is 2.32.